The predicted molar refractivity (Wildman–Crippen MR) is 131 cm³/mol. The van der Waals surface area contributed by atoms with Gasteiger partial charge >= 0.3 is 6.18 Å². The van der Waals surface area contributed by atoms with E-state index in [9.17, 15) is 26.7 Å². The van der Waals surface area contributed by atoms with E-state index in [4.69, 9.17) is 0 Å². The van der Waals surface area contributed by atoms with E-state index in [0.717, 1.165) is 6.07 Å². The molecule has 5 rings (SSSR count). The number of benzene rings is 2. The molecule has 1 N–H and O–H groups in total. The van der Waals surface area contributed by atoms with Gasteiger partial charge < -0.3 is 14.8 Å². The fourth-order valence-corrected chi connectivity index (χ4v) is 5.50. The van der Waals surface area contributed by atoms with Crippen LogP contribution in [0.5, 0.6) is 0 Å². The Kier molecular flexibility index (Phi) is 6.32. The molecule has 0 bridgehead atoms. The molecule has 202 valence electrons. The minimum absolute atomic E-state index is 0.00904. The summed E-state index contributed by atoms with van der Waals surface area (Å²) in [5.74, 6) is -2.83. The van der Waals surface area contributed by atoms with Crippen LogP contribution in [0.1, 0.15) is 65.1 Å². The second-order valence-corrected chi connectivity index (χ2v) is 10.7. The van der Waals surface area contributed by atoms with E-state index < -0.39 is 41.8 Å². The normalized spacial score (nSPS) is 18.1. The Morgan fingerprint density at radius 3 is 2.47 bits per heavy atom. The summed E-state index contributed by atoms with van der Waals surface area (Å²) in [7, 11) is 1.74. The third kappa shape index (κ3) is 4.79. The van der Waals surface area contributed by atoms with Crippen LogP contribution < -0.4 is 10.2 Å². The van der Waals surface area contributed by atoms with Crippen LogP contribution in [0, 0.1) is 0 Å². The molecule has 0 atom stereocenters. The molecule has 1 saturated carbocycles. The third-order valence-corrected chi connectivity index (χ3v) is 7.39. The molecule has 0 unspecified atom stereocenters. The van der Waals surface area contributed by atoms with Gasteiger partial charge in [-0.05, 0) is 41.0 Å². The van der Waals surface area contributed by atoms with E-state index in [1.807, 2.05) is 13.8 Å². The molecule has 2 aliphatic rings. The zero-order chi connectivity index (χ0) is 27.5. The number of anilines is 1. The first kappa shape index (κ1) is 26.3. The first-order valence-electron chi connectivity index (χ1n) is 12.4. The number of alkyl halides is 5. The van der Waals surface area contributed by atoms with Crippen molar-refractivity contribution in [1.29, 1.82) is 0 Å². The number of nitrogens with zero attached hydrogens (tertiary/aromatic N) is 4. The van der Waals surface area contributed by atoms with Crippen LogP contribution in [0.3, 0.4) is 0 Å². The molecule has 3 aromatic rings. The van der Waals surface area contributed by atoms with Crippen LogP contribution in [0.4, 0.5) is 27.6 Å². The molecule has 38 heavy (non-hydrogen) atoms. The lowest BCUT2D eigenvalue weighted by molar-refractivity contribution is -0.138. The van der Waals surface area contributed by atoms with Crippen LogP contribution in [-0.2, 0) is 38.1 Å². The van der Waals surface area contributed by atoms with Gasteiger partial charge in [0.2, 0.25) is 5.92 Å². The Hall–Kier alpha value is -3.34. The fraction of sp³-hybridized carbons (Fsp3) is 0.444. The van der Waals surface area contributed by atoms with Crippen molar-refractivity contribution < 1.29 is 26.7 Å². The van der Waals surface area contributed by atoms with Gasteiger partial charge in [-0.1, -0.05) is 26.0 Å². The Morgan fingerprint density at radius 1 is 1.13 bits per heavy atom. The standard InChI is InChI=1S/C27H28F5N5O/c1-16(2)33-11-17-7-20-21(22(8-17)27(30,31)32)12-37(24(20)38)19-6-4-5-18(9-19)25(13-26(28,29)14-25)10-23-35-34-15-36(23)3/h4-9,15-16,33H,10-14H2,1-3H3. The molecule has 2 aromatic carbocycles. The van der Waals surface area contributed by atoms with E-state index >= 15 is 0 Å². The minimum Gasteiger partial charge on any atom is -0.321 e. The lowest BCUT2D eigenvalue weighted by Gasteiger charge is -2.48. The molecule has 6 nitrogen and oxygen atoms in total. The fourth-order valence-electron chi connectivity index (χ4n) is 5.50. The van der Waals surface area contributed by atoms with Gasteiger partial charge in [0.15, 0.2) is 0 Å². The topological polar surface area (TPSA) is 63.0 Å². The highest BCUT2D eigenvalue weighted by atomic mass is 19.4. The Morgan fingerprint density at radius 2 is 1.87 bits per heavy atom. The lowest BCUT2D eigenvalue weighted by Crippen LogP contribution is -2.51. The molecule has 1 aromatic heterocycles. The summed E-state index contributed by atoms with van der Waals surface area (Å²) in [6, 6.07) is 9.29. The summed E-state index contributed by atoms with van der Waals surface area (Å²) in [5, 5.41) is 11.0. The second kappa shape index (κ2) is 9.14. The van der Waals surface area contributed by atoms with Crippen LogP contribution in [-0.4, -0.2) is 32.6 Å². The smallest absolute Gasteiger partial charge is 0.321 e. The lowest BCUT2D eigenvalue weighted by atomic mass is 9.60. The van der Waals surface area contributed by atoms with Crippen molar-refractivity contribution in [2.45, 2.75) is 69.8 Å². The molecular weight excluding hydrogens is 505 g/mol. The van der Waals surface area contributed by atoms with Gasteiger partial charge in [-0.25, -0.2) is 8.78 Å². The largest absolute Gasteiger partial charge is 0.416 e. The number of carbonyl (C=O) groups excluding carboxylic acids is 1. The molecule has 0 radical (unpaired) electrons. The number of aryl methyl sites for hydroxylation is 1. The highest BCUT2D eigenvalue weighted by Crippen LogP contribution is 2.55. The first-order valence-corrected chi connectivity index (χ1v) is 12.4. The molecule has 1 amide bonds. The van der Waals surface area contributed by atoms with Crippen molar-refractivity contribution in [3.05, 3.63) is 76.4 Å². The molecule has 0 saturated heterocycles. The first-order chi connectivity index (χ1) is 17.8. The summed E-state index contributed by atoms with van der Waals surface area (Å²) in [5.41, 5.74) is -0.507. The van der Waals surface area contributed by atoms with Crippen molar-refractivity contribution >= 4 is 11.6 Å². The molecule has 2 heterocycles. The molecule has 1 aliphatic carbocycles. The number of carbonyl (C=O) groups is 1. The maximum atomic E-state index is 14.2. The third-order valence-electron chi connectivity index (χ3n) is 7.39. The number of aromatic nitrogens is 3. The maximum Gasteiger partial charge on any atom is 0.416 e. The van der Waals surface area contributed by atoms with Gasteiger partial charge in [0.25, 0.3) is 5.91 Å². The minimum atomic E-state index is -4.63. The number of halogens is 5. The van der Waals surface area contributed by atoms with Crippen molar-refractivity contribution in [3.63, 3.8) is 0 Å². The number of hydrogen-bond acceptors (Lipinski definition) is 4. The number of rotatable bonds is 7. The van der Waals surface area contributed by atoms with Gasteiger partial charge in [-0.3, -0.25) is 4.79 Å². The van der Waals surface area contributed by atoms with Crippen LogP contribution in [0.15, 0.2) is 42.7 Å². The predicted octanol–water partition coefficient (Wildman–Crippen LogP) is 5.40. The SMILES string of the molecule is CC(C)NCc1cc2c(c(C(F)(F)F)c1)CN(c1cccc(C3(Cc4nncn4C)CC(F)(F)C3)c1)C2=O. The monoisotopic (exact) mass is 533 g/mol. The summed E-state index contributed by atoms with van der Waals surface area (Å²) in [6.45, 7) is 3.70. The zero-order valence-corrected chi connectivity index (χ0v) is 21.2. The number of nitrogens with one attached hydrogen (secondary N) is 1. The highest BCUT2D eigenvalue weighted by Gasteiger charge is 2.57. The number of hydrogen-bond donors (Lipinski definition) is 1. The summed E-state index contributed by atoms with van der Waals surface area (Å²) in [6.07, 6.45) is -3.70. The average Bonchev–Trinajstić information content (AvgIpc) is 3.37. The average molecular weight is 534 g/mol. The second-order valence-electron chi connectivity index (χ2n) is 10.7. The Balaban J connectivity index is 1.50. The van der Waals surface area contributed by atoms with Crippen molar-refractivity contribution in [3.8, 4) is 0 Å². The Bertz CT molecular complexity index is 1370. The van der Waals surface area contributed by atoms with E-state index in [0.29, 0.717) is 22.6 Å². The van der Waals surface area contributed by atoms with Gasteiger partial charge in [-0.15, -0.1) is 10.2 Å². The van der Waals surface area contributed by atoms with Crippen molar-refractivity contribution in [2.75, 3.05) is 4.90 Å². The van der Waals surface area contributed by atoms with Crippen LogP contribution in [0.25, 0.3) is 0 Å². The van der Waals surface area contributed by atoms with E-state index in [1.54, 1.807) is 35.9 Å². The highest BCUT2D eigenvalue weighted by molar-refractivity contribution is 6.10. The maximum absolute atomic E-state index is 14.2. The van der Waals surface area contributed by atoms with Crippen molar-refractivity contribution in [2.24, 2.45) is 7.05 Å². The zero-order valence-electron chi connectivity index (χ0n) is 21.2. The number of fused-ring (bicyclic) bond motifs is 1. The number of amides is 1. The van der Waals surface area contributed by atoms with Crippen molar-refractivity contribution in [1.82, 2.24) is 20.1 Å². The van der Waals surface area contributed by atoms with Crippen LogP contribution in [0.2, 0.25) is 0 Å². The molecule has 11 heteroatoms. The molecular formula is C27H28F5N5O. The molecule has 1 fully saturated rings. The van der Waals surface area contributed by atoms with Crippen LogP contribution >= 0.6 is 0 Å². The van der Waals surface area contributed by atoms with Gasteiger partial charge in [-0.2, -0.15) is 13.2 Å². The Labute approximate surface area is 216 Å². The van der Waals surface area contributed by atoms with E-state index in [2.05, 4.69) is 15.5 Å². The summed E-state index contributed by atoms with van der Waals surface area (Å²) < 4.78 is 72.0. The van der Waals surface area contributed by atoms with E-state index in [-0.39, 0.29) is 36.7 Å². The van der Waals surface area contributed by atoms with Gasteiger partial charge in [0.1, 0.15) is 12.2 Å². The molecule has 1 aliphatic heterocycles. The molecule has 0 spiro atoms. The van der Waals surface area contributed by atoms with Gasteiger partial charge in [0.05, 0.1) is 12.1 Å². The summed E-state index contributed by atoms with van der Waals surface area (Å²) in [4.78, 5) is 14.7. The van der Waals surface area contributed by atoms with Gasteiger partial charge in [0, 0.05) is 55.6 Å². The quantitative estimate of drug-likeness (QED) is 0.413. The van der Waals surface area contributed by atoms with E-state index in [1.165, 1.54) is 17.3 Å². The summed E-state index contributed by atoms with van der Waals surface area (Å²) >= 11 is 0.